The summed E-state index contributed by atoms with van der Waals surface area (Å²) in [4.78, 5) is 4.35. The summed E-state index contributed by atoms with van der Waals surface area (Å²) in [5.41, 5.74) is 1.82. The number of aromatic nitrogens is 2. The summed E-state index contributed by atoms with van der Waals surface area (Å²) < 4.78 is 14.6. The predicted molar refractivity (Wildman–Crippen MR) is 53.3 cm³/mol. The highest BCUT2D eigenvalue weighted by molar-refractivity contribution is 5.58. The first kappa shape index (κ1) is 8.94. The molecule has 0 aliphatic rings. The van der Waals surface area contributed by atoms with Crippen LogP contribution in [0.5, 0.6) is 0 Å². The Hall–Kier alpha value is -1.64. The standard InChI is InChI=1S/C11H11FN2/c1-8-13-11(7-14(8)2)9-3-5-10(12)6-4-9/h3-7H,1-2H3. The minimum absolute atomic E-state index is 0.221. The summed E-state index contributed by atoms with van der Waals surface area (Å²) in [6, 6.07) is 6.35. The Morgan fingerprint density at radius 3 is 2.36 bits per heavy atom. The molecule has 14 heavy (non-hydrogen) atoms. The zero-order valence-electron chi connectivity index (χ0n) is 8.16. The fourth-order valence-corrected chi connectivity index (χ4v) is 1.32. The first-order valence-corrected chi connectivity index (χ1v) is 4.43. The smallest absolute Gasteiger partial charge is 0.123 e. The Morgan fingerprint density at radius 2 is 1.86 bits per heavy atom. The molecule has 0 saturated heterocycles. The normalized spacial score (nSPS) is 10.5. The van der Waals surface area contributed by atoms with E-state index in [0.29, 0.717) is 0 Å². The van der Waals surface area contributed by atoms with Gasteiger partial charge in [-0.15, -0.1) is 0 Å². The van der Waals surface area contributed by atoms with E-state index in [2.05, 4.69) is 4.98 Å². The van der Waals surface area contributed by atoms with Crippen molar-refractivity contribution in [1.82, 2.24) is 9.55 Å². The predicted octanol–water partition coefficient (Wildman–Crippen LogP) is 2.53. The van der Waals surface area contributed by atoms with E-state index in [9.17, 15) is 4.39 Å². The van der Waals surface area contributed by atoms with Gasteiger partial charge in [0.2, 0.25) is 0 Å². The molecule has 0 aliphatic carbocycles. The molecular weight excluding hydrogens is 179 g/mol. The van der Waals surface area contributed by atoms with E-state index < -0.39 is 0 Å². The molecule has 0 bridgehead atoms. The third-order valence-electron chi connectivity index (χ3n) is 2.25. The van der Waals surface area contributed by atoms with Crippen molar-refractivity contribution in [3.8, 4) is 11.3 Å². The van der Waals surface area contributed by atoms with Gasteiger partial charge in [0.1, 0.15) is 11.6 Å². The van der Waals surface area contributed by atoms with Crippen molar-refractivity contribution in [3.05, 3.63) is 42.1 Å². The summed E-state index contributed by atoms with van der Waals surface area (Å²) in [6.07, 6.45) is 1.93. The first-order valence-electron chi connectivity index (χ1n) is 4.43. The zero-order valence-corrected chi connectivity index (χ0v) is 8.16. The Labute approximate surface area is 82.0 Å². The molecule has 3 heteroatoms. The van der Waals surface area contributed by atoms with Gasteiger partial charge in [0.15, 0.2) is 0 Å². The summed E-state index contributed by atoms with van der Waals surface area (Å²) >= 11 is 0. The molecule has 0 atom stereocenters. The van der Waals surface area contributed by atoms with Gasteiger partial charge in [0, 0.05) is 18.8 Å². The highest BCUT2D eigenvalue weighted by Crippen LogP contribution is 2.17. The maximum Gasteiger partial charge on any atom is 0.123 e. The van der Waals surface area contributed by atoms with Crippen LogP contribution in [0.3, 0.4) is 0 Å². The largest absolute Gasteiger partial charge is 0.338 e. The minimum Gasteiger partial charge on any atom is -0.338 e. The van der Waals surface area contributed by atoms with Crippen LogP contribution in [-0.2, 0) is 7.05 Å². The van der Waals surface area contributed by atoms with Crippen LogP contribution >= 0.6 is 0 Å². The molecule has 2 nitrogen and oxygen atoms in total. The van der Waals surface area contributed by atoms with Crippen LogP contribution in [-0.4, -0.2) is 9.55 Å². The minimum atomic E-state index is -0.221. The second-order valence-electron chi connectivity index (χ2n) is 3.29. The molecule has 1 heterocycles. The van der Waals surface area contributed by atoms with Crippen molar-refractivity contribution >= 4 is 0 Å². The average molecular weight is 190 g/mol. The quantitative estimate of drug-likeness (QED) is 0.675. The van der Waals surface area contributed by atoms with Gasteiger partial charge in [-0.05, 0) is 31.2 Å². The Morgan fingerprint density at radius 1 is 1.21 bits per heavy atom. The maximum atomic E-state index is 12.7. The Bertz CT molecular complexity index is 423. The van der Waals surface area contributed by atoms with Gasteiger partial charge >= 0.3 is 0 Å². The highest BCUT2D eigenvalue weighted by atomic mass is 19.1. The monoisotopic (exact) mass is 190 g/mol. The number of rotatable bonds is 1. The lowest BCUT2D eigenvalue weighted by atomic mass is 10.2. The topological polar surface area (TPSA) is 17.8 Å². The van der Waals surface area contributed by atoms with Crippen LogP contribution in [0.25, 0.3) is 11.3 Å². The van der Waals surface area contributed by atoms with E-state index in [1.165, 1.54) is 12.1 Å². The van der Waals surface area contributed by atoms with Crippen molar-refractivity contribution in [3.63, 3.8) is 0 Å². The molecule has 1 aromatic carbocycles. The van der Waals surface area contributed by atoms with Crippen molar-refractivity contribution in [2.45, 2.75) is 6.92 Å². The Kier molecular flexibility index (Phi) is 2.08. The molecular formula is C11H11FN2. The number of halogens is 1. The van der Waals surface area contributed by atoms with Gasteiger partial charge in [-0.2, -0.15) is 0 Å². The van der Waals surface area contributed by atoms with Gasteiger partial charge < -0.3 is 4.57 Å². The maximum absolute atomic E-state index is 12.7. The third-order valence-corrected chi connectivity index (χ3v) is 2.25. The van der Waals surface area contributed by atoms with Crippen molar-refractivity contribution in [2.24, 2.45) is 7.05 Å². The van der Waals surface area contributed by atoms with Crippen LogP contribution in [0, 0.1) is 12.7 Å². The molecule has 0 spiro atoms. The van der Waals surface area contributed by atoms with E-state index in [1.807, 2.05) is 24.7 Å². The van der Waals surface area contributed by atoms with E-state index in [4.69, 9.17) is 0 Å². The fourth-order valence-electron chi connectivity index (χ4n) is 1.32. The Balaban J connectivity index is 2.44. The van der Waals surface area contributed by atoms with Crippen molar-refractivity contribution < 1.29 is 4.39 Å². The summed E-state index contributed by atoms with van der Waals surface area (Å²) in [6.45, 7) is 1.94. The van der Waals surface area contributed by atoms with Crippen LogP contribution < -0.4 is 0 Å². The average Bonchev–Trinajstić information content (AvgIpc) is 2.48. The lowest BCUT2D eigenvalue weighted by Crippen LogP contribution is -1.86. The van der Waals surface area contributed by atoms with Crippen LogP contribution in [0.15, 0.2) is 30.5 Å². The number of nitrogens with zero attached hydrogens (tertiary/aromatic N) is 2. The van der Waals surface area contributed by atoms with E-state index >= 15 is 0 Å². The van der Waals surface area contributed by atoms with E-state index in [-0.39, 0.29) is 5.82 Å². The molecule has 0 fully saturated rings. The number of hydrogen-bond donors (Lipinski definition) is 0. The second-order valence-corrected chi connectivity index (χ2v) is 3.29. The summed E-state index contributed by atoms with van der Waals surface area (Å²) in [7, 11) is 1.94. The van der Waals surface area contributed by atoms with Gasteiger partial charge in [0.25, 0.3) is 0 Å². The van der Waals surface area contributed by atoms with Gasteiger partial charge in [0.05, 0.1) is 5.69 Å². The van der Waals surface area contributed by atoms with Gasteiger partial charge in [-0.1, -0.05) is 0 Å². The molecule has 0 saturated carbocycles. The van der Waals surface area contributed by atoms with Crippen molar-refractivity contribution in [1.29, 1.82) is 0 Å². The van der Waals surface area contributed by atoms with Crippen molar-refractivity contribution in [2.75, 3.05) is 0 Å². The van der Waals surface area contributed by atoms with Gasteiger partial charge in [-0.25, -0.2) is 9.37 Å². The molecule has 1 aromatic heterocycles. The highest BCUT2D eigenvalue weighted by Gasteiger charge is 2.03. The molecule has 0 unspecified atom stereocenters. The first-order chi connectivity index (χ1) is 6.66. The van der Waals surface area contributed by atoms with Crippen LogP contribution in [0.1, 0.15) is 5.82 Å². The SMILES string of the molecule is Cc1nc(-c2ccc(F)cc2)cn1C. The molecule has 0 N–H and O–H groups in total. The van der Waals surface area contributed by atoms with Crippen LogP contribution in [0.2, 0.25) is 0 Å². The lowest BCUT2D eigenvalue weighted by molar-refractivity contribution is 0.628. The molecule has 0 aliphatic heterocycles. The van der Waals surface area contributed by atoms with Crippen LogP contribution in [0.4, 0.5) is 4.39 Å². The number of hydrogen-bond acceptors (Lipinski definition) is 1. The number of imidazole rings is 1. The number of aryl methyl sites for hydroxylation is 2. The molecule has 0 amide bonds. The van der Waals surface area contributed by atoms with E-state index in [1.54, 1.807) is 12.1 Å². The zero-order chi connectivity index (χ0) is 10.1. The molecule has 2 aromatic rings. The fraction of sp³-hybridized carbons (Fsp3) is 0.182. The number of benzene rings is 1. The molecule has 0 radical (unpaired) electrons. The molecule has 2 rings (SSSR count). The summed E-state index contributed by atoms with van der Waals surface area (Å²) in [5.74, 6) is 0.728. The lowest BCUT2D eigenvalue weighted by Gasteiger charge is -1.94. The summed E-state index contributed by atoms with van der Waals surface area (Å²) in [5, 5.41) is 0. The third kappa shape index (κ3) is 1.53. The van der Waals surface area contributed by atoms with E-state index in [0.717, 1.165) is 17.1 Å². The second kappa shape index (κ2) is 3.25. The van der Waals surface area contributed by atoms with Gasteiger partial charge in [-0.3, -0.25) is 0 Å². The molecule has 72 valence electrons.